The van der Waals surface area contributed by atoms with Gasteiger partial charge in [0.05, 0.1) is 28.0 Å². The molecule has 0 fully saturated rings. The standard InChI is InChI=1S/C23H25N3O3/c1-13(2)18-8-6-7-9-19(18)26-22(27)16(5)29-23(28)17-10-11-20-21(12-17)25-15(4)14(3)24-20/h6-13,16H,1-5H3,(H,26,27)/t16-/m1/s1. The van der Waals surface area contributed by atoms with Crippen molar-refractivity contribution < 1.29 is 14.3 Å². The number of carbonyl (C=O) groups excluding carboxylic acids is 2. The van der Waals surface area contributed by atoms with E-state index in [2.05, 4.69) is 29.1 Å². The molecule has 0 radical (unpaired) electrons. The van der Waals surface area contributed by atoms with Gasteiger partial charge in [-0.2, -0.15) is 0 Å². The highest BCUT2D eigenvalue weighted by molar-refractivity contribution is 5.98. The van der Waals surface area contributed by atoms with E-state index in [-0.39, 0.29) is 11.8 Å². The number of carbonyl (C=O) groups is 2. The molecule has 0 aliphatic heterocycles. The number of amides is 1. The van der Waals surface area contributed by atoms with Gasteiger partial charge in [-0.25, -0.2) is 14.8 Å². The van der Waals surface area contributed by atoms with Crippen molar-refractivity contribution >= 4 is 28.6 Å². The molecular formula is C23H25N3O3. The molecule has 0 saturated heterocycles. The number of benzene rings is 2. The van der Waals surface area contributed by atoms with Crippen molar-refractivity contribution in [1.82, 2.24) is 9.97 Å². The third-order valence-electron chi connectivity index (χ3n) is 4.80. The summed E-state index contributed by atoms with van der Waals surface area (Å²) >= 11 is 0. The number of aryl methyl sites for hydroxylation is 2. The van der Waals surface area contributed by atoms with E-state index in [1.165, 1.54) is 0 Å². The van der Waals surface area contributed by atoms with E-state index in [0.717, 1.165) is 22.6 Å². The first-order valence-corrected chi connectivity index (χ1v) is 9.62. The molecule has 3 rings (SSSR count). The van der Waals surface area contributed by atoms with Crippen LogP contribution in [-0.2, 0) is 9.53 Å². The summed E-state index contributed by atoms with van der Waals surface area (Å²) in [6.07, 6.45) is -0.941. The van der Waals surface area contributed by atoms with Gasteiger partial charge in [-0.1, -0.05) is 32.0 Å². The maximum Gasteiger partial charge on any atom is 0.338 e. The highest BCUT2D eigenvalue weighted by Crippen LogP contribution is 2.24. The molecule has 3 aromatic rings. The van der Waals surface area contributed by atoms with Gasteiger partial charge in [0.15, 0.2) is 6.10 Å². The average molecular weight is 391 g/mol. The van der Waals surface area contributed by atoms with Crippen LogP contribution in [0.15, 0.2) is 42.5 Å². The lowest BCUT2D eigenvalue weighted by Gasteiger charge is -2.17. The molecule has 1 aromatic heterocycles. The zero-order valence-electron chi connectivity index (χ0n) is 17.3. The molecule has 1 atom stereocenters. The Hall–Kier alpha value is -3.28. The molecule has 0 saturated carbocycles. The number of hydrogen-bond donors (Lipinski definition) is 1. The number of nitrogens with zero attached hydrogens (tertiary/aromatic N) is 2. The third-order valence-corrected chi connectivity index (χ3v) is 4.80. The Morgan fingerprint density at radius 2 is 1.59 bits per heavy atom. The minimum absolute atomic E-state index is 0.259. The van der Waals surface area contributed by atoms with Gasteiger partial charge >= 0.3 is 5.97 Å². The maximum absolute atomic E-state index is 12.5. The zero-order valence-corrected chi connectivity index (χ0v) is 17.3. The highest BCUT2D eigenvalue weighted by Gasteiger charge is 2.20. The Bertz CT molecular complexity index is 1080. The van der Waals surface area contributed by atoms with Crippen LogP contribution in [0.4, 0.5) is 5.69 Å². The summed E-state index contributed by atoms with van der Waals surface area (Å²) in [7, 11) is 0. The minimum Gasteiger partial charge on any atom is -0.449 e. The van der Waals surface area contributed by atoms with Gasteiger partial charge in [0, 0.05) is 5.69 Å². The lowest BCUT2D eigenvalue weighted by molar-refractivity contribution is -0.123. The Morgan fingerprint density at radius 1 is 0.931 bits per heavy atom. The minimum atomic E-state index is -0.941. The van der Waals surface area contributed by atoms with Gasteiger partial charge in [0.25, 0.3) is 5.91 Å². The molecule has 1 N–H and O–H groups in total. The topological polar surface area (TPSA) is 81.2 Å². The fraction of sp³-hybridized carbons (Fsp3) is 0.304. The fourth-order valence-corrected chi connectivity index (χ4v) is 2.99. The largest absolute Gasteiger partial charge is 0.449 e. The normalized spacial score (nSPS) is 12.1. The molecule has 0 aliphatic carbocycles. The van der Waals surface area contributed by atoms with Crippen LogP contribution in [0, 0.1) is 13.8 Å². The van der Waals surface area contributed by atoms with E-state index in [1.807, 2.05) is 38.1 Å². The van der Waals surface area contributed by atoms with Crippen molar-refractivity contribution in [3.8, 4) is 0 Å². The fourth-order valence-electron chi connectivity index (χ4n) is 2.99. The Balaban J connectivity index is 1.72. The molecule has 6 nitrogen and oxygen atoms in total. The molecule has 0 bridgehead atoms. The van der Waals surface area contributed by atoms with E-state index >= 15 is 0 Å². The predicted octanol–water partition coefficient (Wildman–Crippen LogP) is 4.55. The Kier molecular flexibility index (Phi) is 5.92. The summed E-state index contributed by atoms with van der Waals surface area (Å²) in [4.78, 5) is 34.0. The highest BCUT2D eigenvalue weighted by atomic mass is 16.5. The molecule has 0 unspecified atom stereocenters. The zero-order chi connectivity index (χ0) is 21.1. The van der Waals surface area contributed by atoms with E-state index in [1.54, 1.807) is 25.1 Å². The van der Waals surface area contributed by atoms with E-state index < -0.39 is 12.1 Å². The van der Waals surface area contributed by atoms with Gasteiger partial charge in [-0.05, 0) is 56.5 Å². The maximum atomic E-state index is 12.5. The summed E-state index contributed by atoms with van der Waals surface area (Å²) in [5.41, 5.74) is 5.06. The van der Waals surface area contributed by atoms with Crippen LogP contribution < -0.4 is 5.32 Å². The predicted molar refractivity (Wildman–Crippen MR) is 113 cm³/mol. The quantitative estimate of drug-likeness (QED) is 0.645. The molecule has 6 heteroatoms. The van der Waals surface area contributed by atoms with Gasteiger partial charge in [0.2, 0.25) is 0 Å². The number of esters is 1. The Morgan fingerprint density at radius 3 is 2.28 bits per heavy atom. The van der Waals surface area contributed by atoms with Crippen LogP contribution in [0.3, 0.4) is 0 Å². The second-order valence-corrected chi connectivity index (χ2v) is 7.38. The Labute approximate surface area is 170 Å². The number of rotatable bonds is 5. The molecule has 2 aromatic carbocycles. The molecule has 29 heavy (non-hydrogen) atoms. The molecule has 0 spiro atoms. The van der Waals surface area contributed by atoms with Crippen LogP contribution >= 0.6 is 0 Å². The first-order chi connectivity index (χ1) is 13.8. The van der Waals surface area contributed by atoms with E-state index in [0.29, 0.717) is 16.6 Å². The summed E-state index contributed by atoms with van der Waals surface area (Å²) in [6.45, 7) is 9.43. The van der Waals surface area contributed by atoms with Gasteiger partial charge < -0.3 is 10.1 Å². The third kappa shape index (κ3) is 4.59. The van der Waals surface area contributed by atoms with Crippen molar-refractivity contribution in [2.45, 2.75) is 46.6 Å². The van der Waals surface area contributed by atoms with Crippen LogP contribution in [0.5, 0.6) is 0 Å². The smallest absolute Gasteiger partial charge is 0.338 e. The lowest BCUT2D eigenvalue weighted by Crippen LogP contribution is -2.30. The monoisotopic (exact) mass is 391 g/mol. The number of para-hydroxylation sites is 1. The summed E-state index contributed by atoms with van der Waals surface area (Å²) in [5, 5.41) is 2.85. The van der Waals surface area contributed by atoms with Crippen LogP contribution in [0.25, 0.3) is 11.0 Å². The van der Waals surface area contributed by atoms with Crippen molar-refractivity contribution in [2.24, 2.45) is 0 Å². The number of fused-ring (bicyclic) bond motifs is 1. The summed E-state index contributed by atoms with van der Waals surface area (Å²) in [5.74, 6) is -0.694. The first-order valence-electron chi connectivity index (χ1n) is 9.62. The number of aromatic nitrogens is 2. The SMILES string of the molecule is Cc1nc2ccc(C(=O)O[C@H](C)C(=O)Nc3ccccc3C(C)C)cc2nc1C. The summed E-state index contributed by atoms with van der Waals surface area (Å²) in [6, 6.07) is 12.6. The number of hydrogen-bond acceptors (Lipinski definition) is 5. The number of ether oxygens (including phenoxy) is 1. The van der Waals surface area contributed by atoms with Crippen molar-refractivity contribution in [2.75, 3.05) is 5.32 Å². The molecule has 1 amide bonds. The average Bonchev–Trinajstić information content (AvgIpc) is 2.68. The number of nitrogens with one attached hydrogen (secondary N) is 1. The first kappa shape index (κ1) is 20.5. The van der Waals surface area contributed by atoms with Gasteiger partial charge in [0.1, 0.15) is 0 Å². The van der Waals surface area contributed by atoms with Crippen molar-refractivity contribution in [3.05, 3.63) is 65.0 Å². The van der Waals surface area contributed by atoms with Crippen molar-refractivity contribution in [1.29, 1.82) is 0 Å². The number of anilines is 1. The summed E-state index contributed by atoms with van der Waals surface area (Å²) < 4.78 is 5.37. The second kappa shape index (κ2) is 8.39. The van der Waals surface area contributed by atoms with Crippen molar-refractivity contribution in [3.63, 3.8) is 0 Å². The van der Waals surface area contributed by atoms with E-state index in [9.17, 15) is 9.59 Å². The molecule has 150 valence electrons. The van der Waals surface area contributed by atoms with Gasteiger partial charge in [-0.3, -0.25) is 4.79 Å². The van der Waals surface area contributed by atoms with E-state index in [4.69, 9.17) is 4.74 Å². The van der Waals surface area contributed by atoms with Crippen LogP contribution in [0.2, 0.25) is 0 Å². The molecule has 1 heterocycles. The van der Waals surface area contributed by atoms with Crippen LogP contribution in [0.1, 0.15) is 54.0 Å². The molecular weight excluding hydrogens is 366 g/mol. The lowest BCUT2D eigenvalue weighted by atomic mass is 10.0. The second-order valence-electron chi connectivity index (χ2n) is 7.38. The molecule has 0 aliphatic rings. The van der Waals surface area contributed by atoms with Gasteiger partial charge in [-0.15, -0.1) is 0 Å². The van der Waals surface area contributed by atoms with Crippen LogP contribution in [-0.4, -0.2) is 27.9 Å².